The molecule has 0 bridgehead atoms. The minimum absolute atomic E-state index is 0.117. The smallest absolute Gasteiger partial charge is 0.270 e. The Balaban J connectivity index is 1.43. The summed E-state index contributed by atoms with van der Waals surface area (Å²) in [5.74, 6) is 0.376. The number of benzene rings is 3. The number of nitro groups is 1. The van der Waals surface area contributed by atoms with Gasteiger partial charge in [0.2, 0.25) is 5.91 Å². The van der Waals surface area contributed by atoms with Gasteiger partial charge >= 0.3 is 0 Å². The van der Waals surface area contributed by atoms with Crippen LogP contribution in [0.15, 0.2) is 72.8 Å². The molecular weight excluding hydrogens is 412 g/mol. The summed E-state index contributed by atoms with van der Waals surface area (Å²) >= 11 is 0. The van der Waals surface area contributed by atoms with Crippen LogP contribution in [0.5, 0.6) is 11.5 Å². The number of rotatable bonds is 10. The third-order valence-electron chi connectivity index (χ3n) is 4.48. The lowest BCUT2D eigenvalue weighted by Gasteiger charge is -2.10. The van der Waals surface area contributed by atoms with Crippen LogP contribution in [0.25, 0.3) is 0 Å². The Hall–Kier alpha value is -4.20. The number of anilines is 1. The average molecular weight is 434 g/mol. The molecule has 0 saturated carbocycles. The zero-order valence-electron chi connectivity index (χ0n) is 17.4. The van der Waals surface area contributed by atoms with Crippen molar-refractivity contribution in [3.8, 4) is 11.5 Å². The molecule has 3 rings (SSSR count). The minimum Gasteiger partial charge on any atom is -0.490 e. The van der Waals surface area contributed by atoms with Crippen molar-refractivity contribution in [2.75, 3.05) is 18.5 Å². The summed E-state index contributed by atoms with van der Waals surface area (Å²) in [5, 5.41) is 13.5. The van der Waals surface area contributed by atoms with Crippen LogP contribution in [0.3, 0.4) is 0 Å². The van der Waals surface area contributed by atoms with Gasteiger partial charge in [-0.15, -0.1) is 0 Å². The lowest BCUT2D eigenvalue weighted by molar-refractivity contribution is -0.384. The molecule has 1 N–H and O–H groups in total. The van der Waals surface area contributed by atoms with Crippen LogP contribution in [0.4, 0.5) is 11.4 Å². The van der Waals surface area contributed by atoms with E-state index in [9.17, 15) is 19.7 Å². The number of carbonyl (C=O) groups is 2. The van der Waals surface area contributed by atoms with E-state index < -0.39 is 23.0 Å². The SMILES string of the molecule is Cc1ccc(OCCOc2ccc(NC(=O)CC(=O)c3cccc([N+](=O)[O-])c3)cc2)cc1. The molecule has 3 aromatic carbocycles. The van der Waals surface area contributed by atoms with Crippen molar-refractivity contribution >= 4 is 23.1 Å². The molecule has 0 aliphatic heterocycles. The van der Waals surface area contributed by atoms with Crippen LogP contribution < -0.4 is 14.8 Å². The van der Waals surface area contributed by atoms with E-state index in [0.29, 0.717) is 24.7 Å². The molecule has 3 aromatic rings. The van der Waals surface area contributed by atoms with Crippen LogP contribution in [-0.4, -0.2) is 29.8 Å². The fourth-order valence-electron chi connectivity index (χ4n) is 2.83. The van der Waals surface area contributed by atoms with Crippen LogP contribution in [0, 0.1) is 17.0 Å². The molecule has 0 radical (unpaired) electrons. The molecule has 1 amide bonds. The van der Waals surface area contributed by atoms with Gasteiger partial charge < -0.3 is 14.8 Å². The topological polar surface area (TPSA) is 108 Å². The molecule has 8 heteroatoms. The van der Waals surface area contributed by atoms with Gasteiger partial charge in [0.1, 0.15) is 24.7 Å². The van der Waals surface area contributed by atoms with Crippen LogP contribution in [0.2, 0.25) is 0 Å². The first kappa shape index (κ1) is 22.5. The first-order valence-electron chi connectivity index (χ1n) is 9.90. The largest absolute Gasteiger partial charge is 0.490 e. The summed E-state index contributed by atoms with van der Waals surface area (Å²) in [7, 11) is 0. The van der Waals surface area contributed by atoms with Crippen molar-refractivity contribution in [3.63, 3.8) is 0 Å². The number of ketones is 1. The Morgan fingerprint density at radius 3 is 2.09 bits per heavy atom. The molecule has 0 heterocycles. The van der Waals surface area contributed by atoms with E-state index in [-0.39, 0.29) is 11.3 Å². The fraction of sp³-hybridized carbons (Fsp3) is 0.167. The highest BCUT2D eigenvalue weighted by Crippen LogP contribution is 2.18. The number of nitrogens with zero attached hydrogens (tertiary/aromatic N) is 1. The molecule has 0 fully saturated rings. The van der Waals surface area contributed by atoms with Gasteiger partial charge in [0.05, 0.1) is 11.3 Å². The first-order valence-corrected chi connectivity index (χ1v) is 9.90. The molecule has 8 nitrogen and oxygen atoms in total. The lowest BCUT2D eigenvalue weighted by atomic mass is 10.1. The van der Waals surface area contributed by atoms with E-state index in [1.165, 1.54) is 18.2 Å². The number of non-ortho nitro benzene ring substituents is 1. The third-order valence-corrected chi connectivity index (χ3v) is 4.48. The highest BCUT2D eigenvalue weighted by Gasteiger charge is 2.15. The van der Waals surface area contributed by atoms with E-state index in [1.54, 1.807) is 24.3 Å². The highest BCUT2D eigenvalue weighted by molar-refractivity contribution is 6.11. The van der Waals surface area contributed by atoms with E-state index in [4.69, 9.17) is 9.47 Å². The quantitative estimate of drug-likeness (QED) is 0.165. The summed E-state index contributed by atoms with van der Waals surface area (Å²) in [6, 6.07) is 19.8. The Morgan fingerprint density at radius 2 is 1.50 bits per heavy atom. The molecule has 164 valence electrons. The number of nitrogens with one attached hydrogen (secondary N) is 1. The summed E-state index contributed by atoms with van der Waals surface area (Å²) in [5.41, 5.74) is 1.58. The molecule has 0 saturated heterocycles. The monoisotopic (exact) mass is 434 g/mol. The van der Waals surface area contributed by atoms with Crippen molar-refractivity contribution in [2.45, 2.75) is 13.3 Å². The fourth-order valence-corrected chi connectivity index (χ4v) is 2.83. The van der Waals surface area contributed by atoms with Crippen molar-refractivity contribution in [2.24, 2.45) is 0 Å². The molecule has 0 aromatic heterocycles. The van der Waals surface area contributed by atoms with Crippen LogP contribution in [-0.2, 0) is 4.79 Å². The molecule has 0 unspecified atom stereocenters. The first-order chi connectivity index (χ1) is 15.4. The zero-order chi connectivity index (χ0) is 22.9. The number of nitro benzene ring substituents is 1. The number of hydrogen-bond donors (Lipinski definition) is 1. The van der Waals surface area contributed by atoms with Gasteiger partial charge in [0.25, 0.3) is 5.69 Å². The van der Waals surface area contributed by atoms with Crippen molar-refractivity contribution in [3.05, 3.63) is 94.0 Å². The summed E-state index contributed by atoms with van der Waals surface area (Å²) in [6.07, 6.45) is -0.421. The maximum Gasteiger partial charge on any atom is 0.270 e. The Morgan fingerprint density at radius 1 is 0.906 bits per heavy atom. The summed E-state index contributed by atoms with van der Waals surface area (Å²) in [6.45, 7) is 2.76. The molecule has 32 heavy (non-hydrogen) atoms. The van der Waals surface area contributed by atoms with Gasteiger partial charge in [0.15, 0.2) is 5.78 Å². The number of amides is 1. The standard InChI is InChI=1S/C24H22N2O6/c1-17-5-9-21(10-6-17)31-13-14-32-22-11-7-19(8-12-22)25-24(28)16-23(27)18-3-2-4-20(15-18)26(29)30/h2-12,15H,13-14,16H2,1H3,(H,25,28). The summed E-state index contributed by atoms with van der Waals surface area (Å²) in [4.78, 5) is 34.6. The van der Waals surface area contributed by atoms with E-state index in [1.807, 2.05) is 31.2 Å². The van der Waals surface area contributed by atoms with Gasteiger partial charge in [-0.3, -0.25) is 19.7 Å². The minimum atomic E-state index is -0.588. The second-order valence-electron chi connectivity index (χ2n) is 6.99. The van der Waals surface area contributed by atoms with Gasteiger partial charge in [-0.25, -0.2) is 0 Å². The maximum absolute atomic E-state index is 12.2. The lowest BCUT2D eigenvalue weighted by Crippen LogP contribution is -2.16. The Bertz CT molecular complexity index is 1090. The molecule has 0 aliphatic rings. The van der Waals surface area contributed by atoms with Crippen molar-refractivity contribution < 1.29 is 24.0 Å². The molecule has 0 atom stereocenters. The van der Waals surface area contributed by atoms with E-state index in [2.05, 4.69) is 5.32 Å². The molecule has 0 spiro atoms. The third kappa shape index (κ3) is 6.66. The number of ether oxygens (including phenoxy) is 2. The number of carbonyl (C=O) groups excluding carboxylic acids is 2. The maximum atomic E-state index is 12.2. The van der Waals surface area contributed by atoms with Gasteiger partial charge in [-0.1, -0.05) is 29.8 Å². The predicted molar refractivity (Wildman–Crippen MR) is 119 cm³/mol. The Labute approximate surface area is 184 Å². The molecular formula is C24H22N2O6. The highest BCUT2D eigenvalue weighted by atomic mass is 16.6. The van der Waals surface area contributed by atoms with E-state index in [0.717, 1.165) is 17.4 Å². The average Bonchev–Trinajstić information content (AvgIpc) is 2.79. The number of hydrogen-bond acceptors (Lipinski definition) is 6. The zero-order valence-corrected chi connectivity index (χ0v) is 17.4. The van der Waals surface area contributed by atoms with Gasteiger partial charge in [-0.2, -0.15) is 0 Å². The van der Waals surface area contributed by atoms with Crippen molar-refractivity contribution in [1.82, 2.24) is 0 Å². The second kappa shape index (κ2) is 10.7. The van der Waals surface area contributed by atoms with Crippen molar-refractivity contribution in [1.29, 1.82) is 0 Å². The summed E-state index contributed by atoms with van der Waals surface area (Å²) < 4.78 is 11.2. The Kier molecular flexibility index (Phi) is 7.53. The van der Waals surface area contributed by atoms with Crippen LogP contribution in [0.1, 0.15) is 22.3 Å². The predicted octanol–water partition coefficient (Wildman–Crippen LogP) is 4.57. The number of Topliss-reactive ketones (excluding diaryl/α,β-unsaturated/α-hetero) is 1. The van der Waals surface area contributed by atoms with Crippen LogP contribution >= 0.6 is 0 Å². The number of aryl methyl sites for hydroxylation is 1. The molecule has 0 aliphatic carbocycles. The van der Waals surface area contributed by atoms with E-state index >= 15 is 0 Å². The van der Waals surface area contributed by atoms with Gasteiger partial charge in [-0.05, 0) is 43.3 Å². The normalized spacial score (nSPS) is 10.3. The van der Waals surface area contributed by atoms with Gasteiger partial charge in [0, 0.05) is 23.4 Å². The second-order valence-corrected chi connectivity index (χ2v) is 6.99.